The highest BCUT2D eigenvalue weighted by Gasteiger charge is 2.13. The van der Waals surface area contributed by atoms with Gasteiger partial charge in [0.1, 0.15) is 5.75 Å². The molecule has 6 nitrogen and oxygen atoms in total. The van der Waals surface area contributed by atoms with Gasteiger partial charge in [0.05, 0.1) is 31.8 Å². The van der Waals surface area contributed by atoms with E-state index < -0.39 is 0 Å². The summed E-state index contributed by atoms with van der Waals surface area (Å²) in [4.78, 5) is 17.8. The minimum absolute atomic E-state index is 0.0993. The number of aromatic nitrogens is 1. The number of thiazole rings is 1. The van der Waals surface area contributed by atoms with E-state index >= 15 is 0 Å². The zero-order valence-electron chi connectivity index (χ0n) is 15.8. The molecule has 1 amide bonds. The van der Waals surface area contributed by atoms with Crippen molar-refractivity contribution in [3.63, 3.8) is 0 Å². The molecule has 8 heteroatoms. The molecule has 0 atom stereocenters. The zero-order chi connectivity index (χ0) is 20.1. The molecule has 0 saturated heterocycles. The second kappa shape index (κ2) is 9.19. The SMILES string of the molecule is COc1ccc(-c2csc(NC(=O)CSc3ccc4c(c3)OCCCO4)n2)cc1. The summed E-state index contributed by atoms with van der Waals surface area (Å²) < 4.78 is 16.5. The van der Waals surface area contributed by atoms with Gasteiger partial charge < -0.3 is 19.5 Å². The average molecular weight is 429 g/mol. The van der Waals surface area contributed by atoms with Crippen molar-refractivity contribution in [3.8, 4) is 28.5 Å². The molecule has 29 heavy (non-hydrogen) atoms. The number of rotatable bonds is 6. The van der Waals surface area contributed by atoms with Gasteiger partial charge in [-0.15, -0.1) is 23.1 Å². The Morgan fingerprint density at radius 2 is 1.97 bits per heavy atom. The van der Waals surface area contributed by atoms with Crippen molar-refractivity contribution in [1.29, 1.82) is 0 Å². The van der Waals surface area contributed by atoms with Crippen LogP contribution in [0.4, 0.5) is 5.13 Å². The summed E-state index contributed by atoms with van der Waals surface area (Å²) in [5, 5.41) is 5.37. The molecule has 2 aromatic carbocycles. The summed E-state index contributed by atoms with van der Waals surface area (Å²) in [5.74, 6) is 2.47. The number of ether oxygens (including phenoxy) is 3. The summed E-state index contributed by atoms with van der Waals surface area (Å²) in [7, 11) is 1.63. The van der Waals surface area contributed by atoms with E-state index in [0.717, 1.165) is 39.8 Å². The molecule has 0 radical (unpaired) electrons. The van der Waals surface area contributed by atoms with Gasteiger partial charge in [0, 0.05) is 22.3 Å². The normalized spacial score (nSPS) is 12.9. The molecular weight excluding hydrogens is 408 g/mol. The molecule has 0 saturated carbocycles. The van der Waals surface area contributed by atoms with Gasteiger partial charge in [0.2, 0.25) is 5.91 Å². The van der Waals surface area contributed by atoms with Gasteiger partial charge in [-0.3, -0.25) is 4.79 Å². The van der Waals surface area contributed by atoms with Crippen LogP contribution < -0.4 is 19.5 Å². The number of hydrogen-bond donors (Lipinski definition) is 1. The second-order valence-electron chi connectivity index (χ2n) is 6.26. The monoisotopic (exact) mass is 428 g/mol. The van der Waals surface area contributed by atoms with Crippen LogP contribution >= 0.6 is 23.1 Å². The number of benzene rings is 2. The number of fused-ring (bicyclic) bond motifs is 1. The molecule has 1 aliphatic heterocycles. The van der Waals surface area contributed by atoms with E-state index in [2.05, 4.69) is 10.3 Å². The highest BCUT2D eigenvalue weighted by atomic mass is 32.2. The van der Waals surface area contributed by atoms with Gasteiger partial charge in [-0.2, -0.15) is 0 Å². The predicted molar refractivity (Wildman–Crippen MR) is 116 cm³/mol. The van der Waals surface area contributed by atoms with Crippen LogP contribution in [0.1, 0.15) is 6.42 Å². The fraction of sp³-hybridized carbons (Fsp3) is 0.238. The summed E-state index contributed by atoms with van der Waals surface area (Å²) >= 11 is 2.86. The number of thioether (sulfide) groups is 1. The maximum Gasteiger partial charge on any atom is 0.236 e. The first-order valence-electron chi connectivity index (χ1n) is 9.13. The first kappa shape index (κ1) is 19.6. The Morgan fingerprint density at radius 3 is 2.76 bits per heavy atom. The number of amides is 1. The molecule has 1 aliphatic rings. The molecule has 1 aromatic heterocycles. The second-order valence-corrected chi connectivity index (χ2v) is 8.17. The molecule has 0 fully saturated rings. The minimum Gasteiger partial charge on any atom is -0.497 e. The summed E-state index contributed by atoms with van der Waals surface area (Å²) in [6.07, 6.45) is 0.867. The Bertz CT molecular complexity index is 989. The molecule has 0 spiro atoms. The van der Waals surface area contributed by atoms with E-state index in [1.54, 1.807) is 7.11 Å². The summed E-state index contributed by atoms with van der Waals surface area (Å²) in [6, 6.07) is 13.4. The van der Waals surface area contributed by atoms with Crippen LogP contribution in [0.25, 0.3) is 11.3 Å². The first-order valence-corrected chi connectivity index (χ1v) is 11.0. The Hall–Kier alpha value is -2.71. The number of carbonyl (C=O) groups excluding carboxylic acids is 1. The van der Waals surface area contributed by atoms with Crippen LogP contribution in [-0.2, 0) is 4.79 Å². The van der Waals surface area contributed by atoms with Crippen LogP contribution in [0.2, 0.25) is 0 Å². The number of methoxy groups -OCH3 is 1. The third-order valence-corrected chi connectivity index (χ3v) is 5.98. The van der Waals surface area contributed by atoms with Gasteiger partial charge >= 0.3 is 0 Å². The standard InChI is InChI=1S/C21H20N2O4S2/c1-25-15-5-3-14(4-6-15)17-12-29-21(22-17)23-20(24)13-28-16-7-8-18-19(11-16)27-10-2-9-26-18/h3-8,11-12H,2,9-10,13H2,1H3,(H,22,23,24). The molecule has 150 valence electrons. The smallest absolute Gasteiger partial charge is 0.236 e. The van der Waals surface area contributed by atoms with Crippen molar-refractivity contribution in [2.24, 2.45) is 0 Å². The highest BCUT2D eigenvalue weighted by Crippen LogP contribution is 2.34. The molecule has 1 N–H and O–H groups in total. The van der Waals surface area contributed by atoms with E-state index in [1.807, 2.05) is 47.8 Å². The average Bonchev–Trinajstić information content (AvgIpc) is 3.08. The lowest BCUT2D eigenvalue weighted by molar-refractivity contribution is -0.113. The first-order chi connectivity index (χ1) is 14.2. The molecule has 4 rings (SSSR count). The van der Waals surface area contributed by atoms with Gasteiger partial charge in [-0.05, 0) is 42.5 Å². The number of nitrogens with zero attached hydrogens (tertiary/aromatic N) is 1. The van der Waals surface area contributed by atoms with Crippen molar-refractivity contribution in [3.05, 3.63) is 47.8 Å². The van der Waals surface area contributed by atoms with Crippen LogP contribution in [0.3, 0.4) is 0 Å². The van der Waals surface area contributed by atoms with E-state index in [9.17, 15) is 4.79 Å². The largest absolute Gasteiger partial charge is 0.497 e. The quantitative estimate of drug-likeness (QED) is 0.574. The molecule has 2 heterocycles. The number of hydrogen-bond acceptors (Lipinski definition) is 7. The van der Waals surface area contributed by atoms with Gasteiger partial charge in [-0.1, -0.05) is 0 Å². The molecule has 3 aromatic rings. The van der Waals surface area contributed by atoms with E-state index in [1.165, 1.54) is 23.1 Å². The maximum absolute atomic E-state index is 12.3. The highest BCUT2D eigenvalue weighted by molar-refractivity contribution is 8.00. The van der Waals surface area contributed by atoms with Crippen LogP contribution in [0.15, 0.2) is 52.7 Å². The number of nitrogens with one attached hydrogen (secondary N) is 1. The van der Waals surface area contributed by atoms with Crippen molar-refractivity contribution >= 4 is 34.1 Å². The Kier molecular flexibility index (Phi) is 6.21. The Morgan fingerprint density at radius 1 is 1.17 bits per heavy atom. The summed E-state index contributed by atoms with van der Waals surface area (Å²) in [5.41, 5.74) is 1.80. The number of carbonyl (C=O) groups is 1. The lowest BCUT2D eigenvalue weighted by Crippen LogP contribution is -2.13. The van der Waals surface area contributed by atoms with Gasteiger partial charge in [0.15, 0.2) is 16.6 Å². The van der Waals surface area contributed by atoms with Crippen molar-refractivity contribution in [2.75, 3.05) is 31.4 Å². The third kappa shape index (κ3) is 5.02. The van der Waals surface area contributed by atoms with Gasteiger partial charge in [0.25, 0.3) is 0 Å². The Balaban J connectivity index is 1.33. The number of anilines is 1. The van der Waals surface area contributed by atoms with E-state index in [4.69, 9.17) is 14.2 Å². The predicted octanol–water partition coefficient (Wildman–Crippen LogP) is 4.71. The zero-order valence-corrected chi connectivity index (χ0v) is 17.5. The maximum atomic E-state index is 12.3. The molecule has 0 unspecified atom stereocenters. The third-order valence-electron chi connectivity index (χ3n) is 4.23. The lowest BCUT2D eigenvalue weighted by atomic mass is 10.2. The van der Waals surface area contributed by atoms with Crippen LogP contribution in [-0.4, -0.2) is 37.0 Å². The summed E-state index contributed by atoms with van der Waals surface area (Å²) in [6.45, 7) is 1.30. The lowest BCUT2D eigenvalue weighted by Gasteiger charge is -2.09. The van der Waals surface area contributed by atoms with E-state index in [0.29, 0.717) is 18.3 Å². The Labute approximate surface area is 177 Å². The molecule has 0 bridgehead atoms. The van der Waals surface area contributed by atoms with Crippen molar-refractivity contribution in [1.82, 2.24) is 4.98 Å². The van der Waals surface area contributed by atoms with Crippen LogP contribution in [0, 0.1) is 0 Å². The fourth-order valence-corrected chi connectivity index (χ4v) is 4.22. The fourth-order valence-electron chi connectivity index (χ4n) is 2.76. The molecular formula is C21H20N2O4S2. The van der Waals surface area contributed by atoms with E-state index in [-0.39, 0.29) is 11.7 Å². The minimum atomic E-state index is -0.0993. The topological polar surface area (TPSA) is 69.7 Å². The van der Waals surface area contributed by atoms with Crippen LogP contribution in [0.5, 0.6) is 17.2 Å². The van der Waals surface area contributed by atoms with Gasteiger partial charge in [-0.25, -0.2) is 4.98 Å². The molecule has 0 aliphatic carbocycles. The van der Waals surface area contributed by atoms with Crippen molar-refractivity contribution in [2.45, 2.75) is 11.3 Å². The van der Waals surface area contributed by atoms with Crippen molar-refractivity contribution < 1.29 is 19.0 Å².